The molecule has 0 bridgehead atoms. The van der Waals surface area contributed by atoms with Crippen LogP contribution in [0, 0.1) is 23.2 Å². The van der Waals surface area contributed by atoms with Crippen molar-refractivity contribution in [2.45, 2.75) is 39.2 Å². The summed E-state index contributed by atoms with van der Waals surface area (Å²) in [6.07, 6.45) is 8.95. The molecule has 0 radical (unpaired) electrons. The van der Waals surface area contributed by atoms with Crippen molar-refractivity contribution < 1.29 is 0 Å². The second-order valence-corrected chi connectivity index (χ2v) is 5.69. The lowest BCUT2D eigenvalue weighted by molar-refractivity contribution is 0.266. The molecule has 2 aromatic heterocycles. The predicted octanol–water partition coefficient (Wildman–Crippen LogP) is 3.13. The third kappa shape index (κ3) is 2.46. The van der Waals surface area contributed by atoms with E-state index in [2.05, 4.69) is 27.5 Å². The van der Waals surface area contributed by atoms with Crippen LogP contribution in [0.15, 0.2) is 18.6 Å². The largest absolute Gasteiger partial charge is 0.329 e. The Bertz CT molecular complexity index is 615. The molecule has 1 saturated carbocycles. The van der Waals surface area contributed by atoms with E-state index in [0.717, 1.165) is 29.4 Å². The summed E-state index contributed by atoms with van der Waals surface area (Å²) >= 11 is 0. The Kier molecular flexibility index (Phi) is 3.20. The van der Waals surface area contributed by atoms with Crippen LogP contribution in [0.3, 0.4) is 0 Å². The maximum absolute atomic E-state index is 8.84. The number of hydrogen-bond acceptors (Lipinski definition) is 3. The first kappa shape index (κ1) is 12.2. The monoisotopic (exact) mass is 254 g/mol. The molecule has 1 fully saturated rings. The molecule has 98 valence electrons. The average Bonchev–Trinajstić information content (AvgIpc) is 2.83. The Morgan fingerprint density at radius 3 is 2.84 bits per heavy atom. The van der Waals surface area contributed by atoms with E-state index in [9.17, 15) is 0 Å². The van der Waals surface area contributed by atoms with Crippen molar-refractivity contribution in [3.05, 3.63) is 24.3 Å². The van der Waals surface area contributed by atoms with Crippen LogP contribution in [0.1, 0.15) is 38.3 Å². The molecule has 2 heterocycles. The van der Waals surface area contributed by atoms with E-state index < -0.39 is 0 Å². The lowest BCUT2D eigenvalue weighted by Crippen LogP contribution is -2.17. The van der Waals surface area contributed by atoms with E-state index in [0.29, 0.717) is 5.69 Å². The normalized spacial score (nSPS) is 23.4. The molecule has 3 rings (SSSR count). The minimum Gasteiger partial charge on any atom is -0.329 e. The van der Waals surface area contributed by atoms with Crippen LogP contribution in [0.5, 0.6) is 0 Å². The number of fused-ring (bicyclic) bond motifs is 1. The zero-order chi connectivity index (χ0) is 13.2. The topological polar surface area (TPSA) is 54.5 Å². The van der Waals surface area contributed by atoms with Gasteiger partial charge < -0.3 is 4.57 Å². The van der Waals surface area contributed by atoms with Crippen molar-refractivity contribution in [3.63, 3.8) is 0 Å². The molecule has 0 unspecified atom stereocenters. The highest BCUT2D eigenvalue weighted by Gasteiger charge is 2.19. The Morgan fingerprint density at radius 2 is 2.11 bits per heavy atom. The van der Waals surface area contributed by atoms with Crippen LogP contribution in [0.25, 0.3) is 11.0 Å². The Balaban J connectivity index is 1.80. The van der Waals surface area contributed by atoms with E-state index in [1.54, 1.807) is 12.3 Å². The lowest BCUT2D eigenvalue weighted by atomic mass is 9.83. The van der Waals surface area contributed by atoms with Gasteiger partial charge in [-0.25, -0.2) is 9.97 Å². The highest BCUT2D eigenvalue weighted by molar-refractivity contribution is 5.75. The summed E-state index contributed by atoms with van der Waals surface area (Å²) in [7, 11) is 0. The summed E-state index contributed by atoms with van der Waals surface area (Å²) in [5, 5.41) is 8.84. The van der Waals surface area contributed by atoms with Gasteiger partial charge in [0.1, 0.15) is 11.8 Å². The van der Waals surface area contributed by atoms with Crippen molar-refractivity contribution in [1.82, 2.24) is 14.5 Å². The van der Waals surface area contributed by atoms with E-state index in [1.807, 2.05) is 6.33 Å². The summed E-state index contributed by atoms with van der Waals surface area (Å²) in [5.41, 5.74) is 2.34. The fraction of sp³-hybridized carbons (Fsp3) is 0.533. The number of aromatic nitrogens is 3. The first-order valence-electron chi connectivity index (χ1n) is 6.97. The minimum atomic E-state index is 0.434. The van der Waals surface area contributed by atoms with Gasteiger partial charge in [-0.1, -0.05) is 19.8 Å². The van der Waals surface area contributed by atoms with Gasteiger partial charge in [-0.2, -0.15) is 5.26 Å². The Morgan fingerprint density at radius 1 is 1.32 bits per heavy atom. The number of nitriles is 1. The molecule has 19 heavy (non-hydrogen) atoms. The van der Waals surface area contributed by atoms with Crippen LogP contribution in [-0.4, -0.2) is 14.5 Å². The Hall–Kier alpha value is -1.89. The predicted molar refractivity (Wildman–Crippen MR) is 73.4 cm³/mol. The van der Waals surface area contributed by atoms with Crippen LogP contribution < -0.4 is 0 Å². The molecule has 0 aromatic carbocycles. The SMILES string of the molecule is CC1CCC(Cn2cnc3cc(C#N)ncc32)CC1. The van der Waals surface area contributed by atoms with Gasteiger partial charge in [0.25, 0.3) is 0 Å². The highest BCUT2D eigenvalue weighted by Crippen LogP contribution is 2.30. The Labute approximate surface area is 113 Å². The van der Waals surface area contributed by atoms with Crippen LogP contribution in [0.2, 0.25) is 0 Å². The third-order valence-corrected chi connectivity index (χ3v) is 4.21. The highest BCUT2D eigenvalue weighted by atomic mass is 15.1. The molecule has 0 atom stereocenters. The lowest BCUT2D eigenvalue weighted by Gasteiger charge is -2.26. The van der Waals surface area contributed by atoms with Crippen LogP contribution in [0.4, 0.5) is 0 Å². The zero-order valence-corrected chi connectivity index (χ0v) is 11.2. The second-order valence-electron chi connectivity index (χ2n) is 5.69. The zero-order valence-electron chi connectivity index (χ0n) is 11.2. The second kappa shape index (κ2) is 5.00. The summed E-state index contributed by atoms with van der Waals surface area (Å²) in [5.74, 6) is 1.64. The van der Waals surface area contributed by atoms with Crippen molar-refractivity contribution in [3.8, 4) is 6.07 Å². The molecule has 4 heteroatoms. The number of imidazole rings is 1. The van der Waals surface area contributed by atoms with Gasteiger partial charge in [0.15, 0.2) is 0 Å². The number of nitrogens with zero attached hydrogens (tertiary/aromatic N) is 4. The number of hydrogen-bond donors (Lipinski definition) is 0. The standard InChI is InChI=1S/C15H18N4/c1-11-2-4-12(5-3-11)9-19-10-18-14-6-13(7-16)17-8-15(14)19/h6,8,10-12H,2-5,9H2,1H3. The maximum atomic E-state index is 8.84. The number of rotatable bonds is 2. The molecule has 0 spiro atoms. The van der Waals surface area contributed by atoms with Gasteiger partial charge in [0, 0.05) is 12.6 Å². The summed E-state index contributed by atoms with van der Waals surface area (Å²) in [6, 6.07) is 3.81. The van der Waals surface area contributed by atoms with E-state index in [-0.39, 0.29) is 0 Å². The molecule has 0 amide bonds. The van der Waals surface area contributed by atoms with Gasteiger partial charge in [-0.05, 0) is 24.7 Å². The van der Waals surface area contributed by atoms with Crippen molar-refractivity contribution >= 4 is 11.0 Å². The molecule has 1 aliphatic carbocycles. The fourth-order valence-electron chi connectivity index (χ4n) is 2.95. The smallest absolute Gasteiger partial charge is 0.142 e. The molecule has 0 N–H and O–H groups in total. The third-order valence-electron chi connectivity index (χ3n) is 4.21. The van der Waals surface area contributed by atoms with Gasteiger partial charge in [0.2, 0.25) is 0 Å². The number of pyridine rings is 1. The van der Waals surface area contributed by atoms with E-state index in [1.165, 1.54) is 25.7 Å². The van der Waals surface area contributed by atoms with Crippen LogP contribution >= 0.6 is 0 Å². The molecule has 4 nitrogen and oxygen atoms in total. The summed E-state index contributed by atoms with van der Waals surface area (Å²) in [6.45, 7) is 3.37. The van der Waals surface area contributed by atoms with Crippen LogP contribution in [-0.2, 0) is 6.54 Å². The maximum Gasteiger partial charge on any atom is 0.142 e. The molecular weight excluding hydrogens is 236 g/mol. The van der Waals surface area contributed by atoms with Gasteiger partial charge in [-0.3, -0.25) is 0 Å². The summed E-state index contributed by atoms with van der Waals surface area (Å²) < 4.78 is 2.18. The first-order chi connectivity index (χ1) is 9.26. The average molecular weight is 254 g/mol. The molecule has 2 aromatic rings. The fourth-order valence-corrected chi connectivity index (χ4v) is 2.95. The molecule has 0 saturated heterocycles. The van der Waals surface area contributed by atoms with Gasteiger partial charge >= 0.3 is 0 Å². The summed E-state index contributed by atoms with van der Waals surface area (Å²) in [4.78, 5) is 8.52. The van der Waals surface area contributed by atoms with Gasteiger partial charge in [0.05, 0.1) is 23.6 Å². The molecular formula is C15H18N4. The van der Waals surface area contributed by atoms with Gasteiger partial charge in [-0.15, -0.1) is 0 Å². The molecule has 0 aliphatic heterocycles. The van der Waals surface area contributed by atoms with E-state index in [4.69, 9.17) is 5.26 Å². The molecule has 1 aliphatic rings. The van der Waals surface area contributed by atoms with Crippen molar-refractivity contribution in [2.75, 3.05) is 0 Å². The van der Waals surface area contributed by atoms with Crippen molar-refractivity contribution in [2.24, 2.45) is 11.8 Å². The first-order valence-corrected chi connectivity index (χ1v) is 6.97. The minimum absolute atomic E-state index is 0.434. The van der Waals surface area contributed by atoms with E-state index >= 15 is 0 Å². The quantitative estimate of drug-likeness (QED) is 0.827. The van der Waals surface area contributed by atoms with Crippen molar-refractivity contribution in [1.29, 1.82) is 5.26 Å².